The molecule has 0 aromatic carbocycles. The van der Waals surface area contributed by atoms with Crippen LogP contribution >= 0.6 is 0 Å². The summed E-state index contributed by atoms with van der Waals surface area (Å²) in [5.41, 5.74) is 0. The minimum Gasteiger partial charge on any atom is -0.462 e. The molecule has 0 aliphatic carbocycles. The number of carbonyl (C=O) groups is 1. The van der Waals surface area contributed by atoms with Crippen LogP contribution in [0, 0.1) is 5.92 Å². The van der Waals surface area contributed by atoms with E-state index in [0.29, 0.717) is 0 Å². The number of hydrogen-bond acceptors (Lipinski definition) is 2. The van der Waals surface area contributed by atoms with Crippen LogP contribution in [0.1, 0.15) is 66.2 Å². The number of rotatable bonds is 8. The first-order valence-electron chi connectivity index (χ1n) is 6.36. The Bertz CT molecular complexity index is 166. The second-order valence-corrected chi connectivity index (χ2v) is 4.30. The summed E-state index contributed by atoms with van der Waals surface area (Å²) in [4.78, 5) is 11.6. The molecule has 0 radical (unpaired) electrons. The Morgan fingerprint density at radius 1 is 1.13 bits per heavy atom. The van der Waals surface area contributed by atoms with Gasteiger partial charge >= 0.3 is 5.97 Å². The van der Waals surface area contributed by atoms with Crippen molar-refractivity contribution in [1.29, 1.82) is 0 Å². The lowest BCUT2D eigenvalue weighted by atomic mass is 10.1. The molecular formula is C13H26O2. The molecule has 2 unspecified atom stereocenters. The molecule has 0 spiro atoms. The van der Waals surface area contributed by atoms with Gasteiger partial charge in [0.2, 0.25) is 0 Å². The Morgan fingerprint density at radius 2 is 1.80 bits per heavy atom. The van der Waals surface area contributed by atoms with Crippen LogP contribution in [-0.2, 0) is 9.53 Å². The topological polar surface area (TPSA) is 26.3 Å². The Kier molecular flexibility index (Phi) is 8.44. The molecule has 2 atom stereocenters. The van der Waals surface area contributed by atoms with Crippen molar-refractivity contribution in [2.24, 2.45) is 5.92 Å². The first-order chi connectivity index (χ1) is 7.15. The monoisotopic (exact) mass is 214 g/mol. The highest BCUT2D eigenvalue weighted by Crippen LogP contribution is 2.14. The maximum Gasteiger partial charge on any atom is 0.308 e. The van der Waals surface area contributed by atoms with Crippen LogP contribution in [0.5, 0.6) is 0 Å². The van der Waals surface area contributed by atoms with Gasteiger partial charge in [-0.2, -0.15) is 0 Å². The number of hydrogen-bond donors (Lipinski definition) is 0. The number of ether oxygens (including phenoxy) is 1. The second kappa shape index (κ2) is 8.75. The van der Waals surface area contributed by atoms with Crippen LogP contribution in [-0.4, -0.2) is 12.1 Å². The van der Waals surface area contributed by atoms with Gasteiger partial charge in [0.05, 0.1) is 5.92 Å². The van der Waals surface area contributed by atoms with Crippen LogP contribution in [0.3, 0.4) is 0 Å². The van der Waals surface area contributed by atoms with E-state index in [9.17, 15) is 4.79 Å². The highest BCUT2D eigenvalue weighted by Gasteiger charge is 2.17. The lowest BCUT2D eigenvalue weighted by Gasteiger charge is -2.19. The molecule has 0 amide bonds. The summed E-state index contributed by atoms with van der Waals surface area (Å²) in [5, 5.41) is 0. The molecule has 0 saturated carbocycles. The van der Waals surface area contributed by atoms with E-state index in [0.717, 1.165) is 32.1 Å². The smallest absolute Gasteiger partial charge is 0.308 e. The molecule has 0 aromatic heterocycles. The van der Waals surface area contributed by atoms with Crippen molar-refractivity contribution in [1.82, 2.24) is 0 Å². The predicted octanol–water partition coefficient (Wildman–Crippen LogP) is 3.93. The van der Waals surface area contributed by atoms with Gasteiger partial charge in [0, 0.05) is 0 Å². The zero-order valence-electron chi connectivity index (χ0n) is 10.7. The molecule has 2 nitrogen and oxygen atoms in total. The Balaban J connectivity index is 3.97. The van der Waals surface area contributed by atoms with Crippen molar-refractivity contribution in [3.8, 4) is 0 Å². The van der Waals surface area contributed by atoms with Crippen LogP contribution in [0.4, 0.5) is 0 Å². The third-order valence-corrected chi connectivity index (χ3v) is 2.79. The standard InChI is InChI=1S/C13H26O2/c1-5-8-10-12(9-6-2)15-13(14)11(4)7-3/h11-12H,5-10H2,1-4H3. The average Bonchev–Trinajstić information content (AvgIpc) is 2.24. The quantitative estimate of drug-likeness (QED) is 0.572. The zero-order chi connectivity index (χ0) is 11.7. The van der Waals surface area contributed by atoms with E-state index in [1.165, 1.54) is 6.42 Å². The fourth-order valence-electron chi connectivity index (χ4n) is 1.46. The summed E-state index contributed by atoms with van der Waals surface area (Å²) in [6.45, 7) is 8.26. The van der Waals surface area contributed by atoms with Crippen molar-refractivity contribution in [3.05, 3.63) is 0 Å². The molecule has 0 rings (SSSR count). The van der Waals surface area contributed by atoms with Gasteiger partial charge in [-0.05, 0) is 19.3 Å². The summed E-state index contributed by atoms with van der Waals surface area (Å²) < 4.78 is 5.51. The van der Waals surface area contributed by atoms with E-state index < -0.39 is 0 Å². The summed E-state index contributed by atoms with van der Waals surface area (Å²) in [5.74, 6) is 0.0260. The van der Waals surface area contributed by atoms with E-state index in [1.807, 2.05) is 13.8 Å². The Morgan fingerprint density at radius 3 is 2.27 bits per heavy atom. The minimum absolute atomic E-state index is 0.0212. The van der Waals surface area contributed by atoms with Crippen molar-refractivity contribution in [3.63, 3.8) is 0 Å². The summed E-state index contributed by atoms with van der Waals surface area (Å²) in [6, 6.07) is 0. The van der Waals surface area contributed by atoms with Crippen LogP contribution < -0.4 is 0 Å². The molecule has 0 bridgehead atoms. The van der Waals surface area contributed by atoms with Gasteiger partial charge in [0.25, 0.3) is 0 Å². The first-order valence-corrected chi connectivity index (χ1v) is 6.36. The molecule has 0 N–H and O–H groups in total. The van der Waals surface area contributed by atoms with Gasteiger partial charge in [0.1, 0.15) is 6.10 Å². The lowest BCUT2D eigenvalue weighted by molar-refractivity contribution is -0.154. The Hall–Kier alpha value is -0.530. The predicted molar refractivity (Wildman–Crippen MR) is 63.8 cm³/mol. The average molecular weight is 214 g/mol. The maximum absolute atomic E-state index is 11.6. The highest BCUT2D eigenvalue weighted by molar-refractivity contribution is 5.72. The normalized spacial score (nSPS) is 14.7. The van der Waals surface area contributed by atoms with Crippen LogP contribution in [0.2, 0.25) is 0 Å². The number of carbonyl (C=O) groups excluding carboxylic acids is 1. The molecule has 0 saturated heterocycles. The van der Waals surface area contributed by atoms with Crippen molar-refractivity contribution in [2.75, 3.05) is 0 Å². The third-order valence-electron chi connectivity index (χ3n) is 2.79. The second-order valence-electron chi connectivity index (χ2n) is 4.30. The van der Waals surface area contributed by atoms with E-state index in [-0.39, 0.29) is 18.0 Å². The third kappa shape index (κ3) is 6.53. The van der Waals surface area contributed by atoms with Gasteiger partial charge in [0.15, 0.2) is 0 Å². The summed E-state index contributed by atoms with van der Waals surface area (Å²) in [7, 11) is 0. The first kappa shape index (κ1) is 14.5. The molecule has 0 heterocycles. The largest absolute Gasteiger partial charge is 0.462 e. The maximum atomic E-state index is 11.6. The minimum atomic E-state index is -0.0212. The summed E-state index contributed by atoms with van der Waals surface area (Å²) >= 11 is 0. The molecule has 0 aliphatic rings. The zero-order valence-corrected chi connectivity index (χ0v) is 10.7. The van der Waals surface area contributed by atoms with Crippen molar-refractivity contribution < 1.29 is 9.53 Å². The van der Waals surface area contributed by atoms with E-state index >= 15 is 0 Å². The molecule has 15 heavy (non-hydrogen) atoms. The van der Waals surface area contributed by atoms with Gasteiger partial charge < -0.3 is 4.74 Å². The fraction of sp³-hybridized carbons (Fsp3) is 0.923. The van der Waals surface area contributed by atoms with Gasteiger partial charge in [-0.3, -0.25) is 4.79 Å². The SMILES string of the molecule is CCCCC(CCC)OC(=O)C(C)CC. The number of unbranched alkanes of at least 4 members (excludes halogenated alkanes) is 1. The van der Waals surface area contributed by atoms with Crippen LogP contribution in [0.25, 0.3) is 0 Å². The molecule has 0 fully saturated rings. The van der Waals surface area contributed by atoms with E-state index in [2.05, 4.69) is 13.8 Å². The van der Waals surface area contributed by atoms with Crippen LogP contribution in [0.15, 0.2) is 0 Å². The molecule has 0 aromatic rings. The van der Waals surface area contributed by atoms with Gasteiger partial charge in [-0.25, -0.2) is 0 Å². The Labute approximate surface area is 94.4 Å². The molecular weight excluding hydrogens is 188 g/mol. The molecule has 2 heteroatoms. The van der Waals surface area contributed by atoms with E-state index in [4.69, 9.17) is 4.74 Å². The lowest BCUT2D eigenvalue weighted by Crippen LogP contribution is -2.22. The number of esters is 1. The fourth-order valence-corrected chi connectivity index (χ4v) is 1.46. The molecule has 0 aliphatic heterocycles. The van der Waals surface area contributed by atoms with Gasteiger partial charge in [-0.1, -0.05) is 47.0 Å². The van der Waals surface area contributed by atoms with Crippen molar-refractivity contribution >= 4 is 5.97 Å². The van der Waals surface area contributed by atoms with E-state index in [1.54, 1.807) is 0 Å². The summed E-state index contributed by atoms with van der Waals surface area (Å²) in [6.07, 6.45) is 6.44. The highest BCUT2D eigenvalue weighted by atomic mass is 16.5. The van der Waals surface area contributed by atoms with Gasteiger partial charge in [-0.15, -0.1) is 0 Å². The molecule has 90 valence electrons. The van der Waals surface area contributed by atoms with Crippen molar-refractivity contribution in [2.45, 2.75) is 72.3 Å².